The number of hydrogen-bond donors (Lipinski definition) is 1. The van der Waals surface area contributed by atoms with Gasteiger partial charge in [0.15, 0.2) is 5.78 Å². The average Bonchev–Trinajstić information content (AvgIpc) is 2.82. The van der Waals surface area contributed by atoms with E-state index < -0.39 is 5.60 Å². The van der Waals surface area contributed by atoms with Crippen LogP contribution < -0.4 is 5.32 Å². The molecule has 3 rings (SSSR count). The maximum atomic E-state index is 12.6. The fourth-order valence-corrected chi connectivity index (χ4v) is 2.99. The Morgan fingerprint density at radius 1 is 1.35 bits per heavy atom. The predicted molar refractivity (Wildman–Crippen MR) is 75.0 cm³/mol. The fourth-order valence-electron chi connectivity index (χ4n) is 2.99. The first-order valence-corrected chi connectivity index (χ1v) is 7.20. The van der Waals surface area contributed by atoms with Crippen LogP contribution in [0.15, 0.2) is 18.2 Å². The van der Waals surface area contributed by atoms with Crippen LogP contribution in [0, 0.1) is 0 Å². The van der Waals surface area contributed by atoms with Crippen LogP contribution >= 0.6 is 0 Å². The lowest BCUT2D eigenvalue weighted by Crippen LogP contribution is -2.34. The second-order valence-electron chi connectivity index (χ2n) is 5.74. The Balaban J connectivity index is 1.95. The van der Waals surface area contributed by atoms with Crippen molar-refractivity contribution in [2.24, 2.45) is 0 Å². The molecule has 2 aliphatic heterocycles. The molecule has 4 nitrogen and oxygen atoms in total. The Hall–Kier alpha value is -1.68. The van der Waals surface area contributed by atoms with Crippen LogP contribution in [0.3, 0.4) is 0 Å². The lowest BCUT2D eigenvalue weighted by Gasteiger charge is -2.21. The molecule has 20 heavy (non-hydrogen) atoms. The molecule has 1 aromatic carbocycles. The molecule has 0 bridgehead atoms. The minimum atomic E-state index is -0.727. The third kappa shape index (κ3) is 2.24. The highest BCUT2D eigenvalue weighted by Crippen LogP contribution is 2.30. The summed E-state index contributed by atoms with van der Waals surface area (Å²) in [5.41, 5.74) is 1.50. The van der Waals surface area contributed by atoms with Crippen LogP contribution in [0.25, 0.3) is 0 Å². The number of nitrogens with one attached hydrogen (secondary N) is 1. The minimum Gasteiger partial charge on any atom is -0.367 e. The van der Waals surface area contributed by atoms with E-state index in [1.807, 2.05) is 19.1 Å². The van der Waals surface area contributed by atoms with Crippen LogP contribution in [-0.4, -0.2) is 30.4 Å². The van der Waals surface area contributed by atoms with Gasteiger partial charge in [0.25, 0.3) is 5.91 Å². The van der Waals surface area contributed by atoms with Crippen molar-refractivity contribution < 1.29 is 14.3 Å². The number of benzene rings is 1. The zero-order valence-electron chi connectivity index (χ0n) is 11.7. The highest BCUT2D eigenvalue weighted by Gasteiger charge is 2.38. The number of carbonyl (C=O) groups is 2. The van der Waals surface area contributed by atoms with E-state index in [1.165, 1.54) is 0 Å². The van der Waals surface area contributed by atoms with Gasteiger partial charge in [-0.05, 0) is 44.2 Å². The summed E-state index contributed by atoms with van der Waals surface area (Å²) >= 11 is 0. The summed E-state index contributed by atoms with van der Waals surface area (Å²) in [5, 5.41) is 2.86. The molecule has 0 spiro atoms. The quantitative estimate of drug-likeness (QED) is 0.840. The summed E-state index contributed by atoms with van der Waals surface area (Å²) in [5.74, 6) is -0.0977. The Labute approximate surface area is 118 Å². The summed E-state index contributed by atoms with van der Waals surface area (Å²) in [6.45, 7) is 3.17. The number of ketones is 1. The second kappa shape index (κ2) is 5.02. The average molecular weight is 273 g/mol. The maximum absolute atomic E-state index is 12.6. The molecule has 1 unspecified atom stereocenters. The predicted octanol–water partition coefficient (Wildman–Crippen LogP) is 2.11. The molecule has 1 amide bonds. The zero-order chi connectivity index (χ0) is 14.2. The molecule has 1 N–H and O–H groups in total. The first kappa shape index (κ1) is 13.3. The summed E-state index contributed by atoms with van der Waals surface area (Å²) in [4.78, 5) is 24.6. The van der Waals surface area contributed by atoms with Crippen LogP contribution in [0.4, 0.5) is 0 Å². The highest BCUT2D eigenvalue weighted by atomic mass is 16.5. The molecule has 2 aliphatic rings. The lowest BCUT2D eigenvalue weighted by molar-refractivity contribution is 0.0213. The number of hydrogen-bond acceptors (Lipinski definition) is 3. The van der Waals surface area contributed by atoms with E-state index >= 15 is 0 Å². The van der Waals surface area contributed by atoms with Crippen LogP contribution in [-0.2, 0) is 11.2 Å². The van der Waals surface area contributed by atoms with Gasteiger partial charge >= 0.3 is 0 Å². The van der Waals surface area contributed by atoms with E-state index in [0.717, 1.165) is 31.2 Å². The van der Waals surface area contributed by atoms with Crippen molar-refractivity contribution in [3.05, 3.63) is 34.9 Å². The van der Waals surface area contributed by atoms with Crippen molar-refractivity contribution in [3.63, 3.8) is 0 Å². The first-order valence-electron chi connectivity index (χ1n) is 7.20. The molecule has 0 aliphatic carbocycles. The number of ether oxygens (including phenoxy) is 1. The van der Waals surface area contributed by atoms with E-state index in [-0.39, 0.29) is 11.7 Å². The molecule has 1 atom stereocenters. The van der Waals surface area contributed by atoms with Crippen molar-refractivity contribution in [3.8, 4) is 0 Å². The Morgan fingerprint density at radius 3 is 2.95 bits per heavy atom. The van der Waals surface area contributed by atoms with Gasteiger partial charge in [0.1, 0.15) is 5.60 Å². The van der Waals surface area contributed by atoms with Crippen LogP contribution in [0.1, 0.15) is 52.5 Å². The maximum Gasteiger partial charge on any atom is 0.251 e. The molecular formula is C16H19NO3. The second-order valence-corrected chi connectivity index (χ2v) is 5.74. The van der Waals surface area contributed by atoms with Gasteiger partial charge in [-0.15, -0.1) is 0 Å². The minimum absolute atomic E-state index is 0.0187. The van der Waals surface area contributed by atoms with Gasteiger partial charge in [0, 0.05) is 24.3 Å². The lowest BCUT2D eigenvalue weighted by atomic mass is 9.90. The topological polar surface area (TPSA) is 55.4 Å². The van der Waals surface area contributed by atoms with Gasteiger partial charge in [-0.25, -0.2) is 0 Å². The molecule has 1 aromatic rings. The number of aryl methyl sites for hydroxylation is 1. The van der Waals surface area contributed by atoms with Gasteiger partial charge in [0.2, 0.25) is 0 Å². The van der Waals surface area contributed by atoms with E-state index in [9.17, 15) is 9.59 Å². The molecular weight excluding hydrogens is 254 g/mol. The van der Waals surface area contributed by atoms with Crippen molar-refractivity contribution >= 4 is 11.7 Å². The molecule has 0 aromatic heterocycles. The van der Waals surface area contributed by atoms with Crippen molar-refractivity contribution in [2.75, 3.05) is 13.2 Å². The Bertz CT molecular complexity index is 559. The third-order valence-corrected chi connectivity index (χ3v) is 4.22. The number of Topliss-reactive ketones (excluding diaryl/α,β-unsaturated/α-hetero) is 1. The SMILES string of the molecule is CC1(C(=O)c2ccc3c(c2)C(=O)NCCC3)CCCO1. The van der Waals surface area contributed by atoms with E-state index in [2.05, 4.69) is 5.32 Å². The molecule has 1 fully saturated rings. The summed E-state index contributed by atoms with van der Waals surface area (Å²) < 4.78 is 5.60. The Kier molecular flexibility index (Phi) is 3.34. The van der Waals surface area contributed by atoms with Crippen LogP contribution in [0.2, 0.25) is 0 Å². The Morgan fingerprint density at radius 2 is 2.20 bits per heavy atom. The summed E-state index contributed by atoms with van der Waals surface area (Å²) in [6.07, 6.45) is 3.46. The van der Waals surface area contributed by atoms with Gasteiger partial charge in [0.05, 0.1) is 0 Å². The van der Waals surface area contributed by atoms with Crippen molar-refractivity contribution in [1.29, 1.82) is 0 Å². The summed E-state index contributed by atoms with van der Waals surface area (Å²) in [6, 6.07) is 5.46. The molecule has 0 radical (unpaired) electrons. The first-order chi connectivity index (χ1) is 9.60. The fraction of sp³-hybridized carbons (Fsp3) is 0.500. The van der Waals surface area contributed by atoms with E-state index in [4.69, 9.17) is 4.74 Å². The number of amides is 1. The van der Waals surface area contributed by atoms with E-state index in [0.29, 0.717) is 24.3 Å². The van der Waals surface area contributed by atoms with Gasteiger partial charge in [-0.3, -0.25) is 9.59 Å². The highest BCUT2D eigenvalue weighted by molar-refractivity contribution is 6.05. The molecule has 106 valence electrons. The van der Waals surface area contributed by atoms with Crippen molar-refractivity contribution in [2.45, 2.75) is 38.2 Å². The van der Waals surface area contributed by atoms with Gasteiger partial charge < -0.3 is 10.1 Å². The standard InChI is InChI=1S/C16H19NO3/c1-16(7-3-9-20-16)14(18)12-6-5-11-4-2-8-17-15(19)13(11)10-12/h5-6,10H,2-4,7-9H2,1H3,(H,17,19). The third-order valence-electron chi connectivity index (χ3n) is 4.22. The van der Waals surface area contributed by atoms with Crippen molar-refractivity contribution in [1.82, 2.24) is 5.32 Å². The van der Waals surface area contributed by atoms with Gasteiger partial charge in [-0.1, -0.05) is 12.1 Å². The van der Waals surface area contributed by atoms with E-state index in [1.54, 1.807) is 6.07 Å². The normalized spacial score (nSPS) is 25.8. The number of fused-ring (bicyclic) bond motifs is 1. The molecule has 2 heterocycles. The largest absolute Gasteiger partial charge is 0.367 e. The smallest absolute Gasteiger partial charge is 0.251 e. The molecule has 4 heteroatoms. The molecule has 0 saturated carbocycles. The number of rotatable bonds is 2. The number of carbonyl (C=O) groups excluding carboxylic acids is 2. The molecule has 1 saturated heterocycles. The van der Waals surface area contributed by atoms with Crippen LogP contribution in [0.5, 0.6) is 0 Å². The summed E-state index contributed by atoms with van der Waals surface area (Å²) in [7, 11) is 0. The zero-order valence-corrected chi connectivity index (χ0v) is 11.7. The monoisotopic (exact) mass is 273 g/mol. The van der Waals surface area contributed by atoms with Gasteiger partial charge in [-0.2, -0.15) is 0 Å².